The molecule has 0 aromatic heterocycles. The molecular weight excluding hydrogens is 164 g/mol. The maximum absolute atomic E-state index is 5.60. The van der Waals surface area contributed by atoms with Gasteiger partial charge in [-0.05, 0) is 37.8 Å². The number of nitrogens with two attached hydrogens (primary N) is 1. The number of hydrogen-bond acceptors (Lipinski definition) is 3. The summed E-state index contributed by atoms with van der Waals surface area (Å²) in [5.41, 5.74) is 5.60. The molecule has 0 aromatic carbocycles. The van der Waals surface area contributed by atoms with Crippen molar-refractivity contribution in [3.63, 3.8) is 0 Å². The number of ether oxygens (including phenoxy) is 1. The van der Waals surface area contributed by atoms with E-state index in [1.165, 1.54) is 19.4 Å². The van der Waals surface area contributed by atoms with Crippen molar-refractivity contribution in [2.45, 2.75) is 12.8 Å². The molecule has 1 saturated heterocycles. The van der Waals surface area contributed by atoms with Gasteiger partial charge in [0.1, 0.15) is 0 Å². The van der Waals surface area contributed by atoms with Crippen molar-refractivity contribution in [3.05, 3.63) is 0 Å². The number of rotatable bonds is 4. The maximum Gasteiger partial charge on any atom is 0.0594 e. The van der Waals surface area contributed by atoms with Gasteiger partial charge in [0.05, 0.1) is 13.2 Å². The summed E-state index contributed by atoms with van der Waals surface area (Å²) >= 11 is 0. The van der Waals surface area contributed by atoms with Crippen molar-refractivity contribution in [2.24, 2.45) is 17.6 Å². The molecule has 2 fully saturated rings. The van der Waals surface area contributed by atoms with Crippen molar-refractivity contribution in [1.29, 1.82) is 0 Å². The van der Waals surface area contributed by atoms with Crippen molar-refractivity contribution >= 4 is 0 Å². The van der Waals surface area contributed by atoms with E-state index in [-0.39, 0.29) is 0 Å². The Morgan fingerprint density at radius 1 is 1.23 bits per heavy atom. The van der Waals surface area contributed by atoms with Crippen LogP contribution in [0.1, 0.15) is 12.8 Å². The minimum atomic E-state index is 0.848. The highest BCUT2D eigenvalue weighted by Crippen LogP contribution is 2.40. The SMILES string of the molecule is NCC1CC1CCN1CCOCC1. The second-order valence-corrected chi connectivity index (χ2v) is 4.23. The molecule has 1 aliphatic heterocycles. The summed E-state index contributed by atoms with van der Waals surface area (Å²) in [7, 11) is 0. The average molecular weight is 184 g/mol. The molecule has 1 aliphatic carbocycles. The fourth-order valence-corrected chi connectivity index (χ4v) is 2.13. The number of hydrogen-bond donors (Lipinski definition) is 1. The maximum atomic E-state index is 5.60. The van der Waals surface area contributed by atoms with E-state index in [1.807, 2.05) is 0 Å². The summed E-state index contributed by atoms with van der Waals surface area (Å²) in [4.78, 5) is 2.51. The lowest BCUT2D eigenvalue weighted by Crippen LogP contribution is -2.37. The molecule has 13 heavy (non-hydrogen) atoms. The highest BCUT2D eigenvalue weighted by Gasteiger charge is 2.35. The Morgan fingerprint density at radius 3 is 2.62 bits per heavy atom. The lowest BCUT2D eigenvalue weighted by atomic mass is 10.2. The van der Waals surface area contributed by atoms with Crippen LogP contribution in [-0.2, 0) is 4.74 Å². The number of morpholine rings is 1. The van der Waals surface area contributed by atoms with Gasteiger partial charge in [-0.2, -0.15) is 0 Å². The van der Waals surface area contributed by atoms with E-state index < -0.39 is 0 Å². The summed E-state index contributed by atoms with van der Waals surface area (Å²) < 4.78 is 5.30. The molecule has 2 unspecified atom stereocenters. The Bertz CT molecular complexity index is 157. The first-order valence-electron chi connectivity index (χ1n) is 5.40. The Kier molecular flexibility index (Phi) is 3.19. The standard InChI is InChI=1S/C10H20N2O/c11-8-10-7-9(10)1-2-12-3-5-13-6-4-12/h9-10H,1-8,11H2. The second kappa shape index (κ2) is 4.40. The molecule has 3 nitrogen and oxygen atoms in total. The van der Waals surface area contributed by atoms with Crippen LogP contribution in [0.5, 0.6) is 0 Å². The van der Waals surface area contributed by atoms with Gasteiger partial charge in [0.2, 0.25) is 0 Å². The normalized spacial score (nSPS) is 34.8. The van der Waals surface area contributed by atoms with Gasteiger partial charge in [0.15, 0.2) is 0 Å². The average Bonchev–Trinajstić information content (AvgIpc) is 2.95. The quantitative estimate of drug-likeness (QED) is 0.683. The molecule has 0 aromatic rings. The first-order chi connectivity index (χ1) is 6.40. The van der Waals surface area contributed by atoms with Crippen molar-refractivity contribution in [3.8, 4) is 0 Å². The minimum Gasteiger partial charge on any atom is -0.379 e. The summed E-state index contributed by atoms with van der Waals surface area (Å²) in [5, 5.41) is 0. The van der Waals surface area contributed by atoms with Crippen molar-refractivity contribution in [2.75, 3.05) is 39.4 Å². The summed E-state index contributed by atoms with van der Waals surface area (Å²) in [6.07, 6.45) is 2.72. The third-order valence-electron chi connectivity index (χ3n) is 3.29. The van der Waals surface area contributed by atoms with Crippen LogP contribution < -0.4 is 5.73 Å². The molecular formula is C10H20N2O. The summed E-state index contributed by atoms with van der Waals surface area (Å²) in [5.74, 6) is 1.79. The van der Waals surface area contributed by atoms with Gasteiger partial charge < -0.3 is 10.5 Å². The van der Waals surface area contributed by atoms with E-state index in [9.17, 15) is 0 Å². The zero-order valence-corrected chi connectivity index (χ0v) is 8.24. The van der Waals surface area contributed by atoms with Crippen LogP contribution in [0.15, 0.2) is 0 Å². The van der Waals surface area contributed by atoms with E-state index in [4.69, 9.17) is 10.5 Å². The van der Waals surface area contributed by atoms with Gasteiger partial charge in [-0.25, -0.2) is 0 Å². The van der Waals surface area contributed by atoms with E-state index in [0.717, 1.165) is 44.7 Å². The first-order valence-corrected chi connectivity index (χ1v) is 5.40. The zero-order valence-electron chi connectivity index (χ0n) is 8.24. The van der Waals surface area contributed by atoms with E-state index >= 15 is 0 Å². The van der Waals surface area contributed by atoms with E-state index in [1.54, 1.807) is 0 Å². The molecule has 2 aliphatic rings. The lowest BCUT2D eigenvalue weighted by Gasteiger charge is -2.26. The Morgan fingerprint density at radius 2 is 2.00 bits per heavy atom. The van der Waals surface area contributed by atoms with Gasteiger partial charge >= 0.3 is 0 Å². The molecule has 2 N–H and O–H groups in total. The van der Waals surface area contributed by atoms with E-state index in [0.29, 0.717) is 0 Å². The van der Waals surface area contributed by atoms with Gasteiger partial charge in [0, 0.05) is 13.1 Å². The molecule has 0 bridgehead atoms. The van der Waals surface area contributed by atoms with E-state index in [2.05, 4.69) is 4.90 Å². The highest BCUT2D eigenvalue weighted by atomic mass is 16.5. The van der Waals surface area contributed by atoms with Crippen LogP contribution in [-0.4, -0.2) is 44.3 Å². The van der Waals surface area contributed by atoms with Crippen molar-refractivity contribution in [1.82, 2.24) is 4.90 Å². The van der Waals surface area contributed by atoms with Gasteiger partial charge in [-0.1, -0.05) is 0 Å². The van der Waals surface area contributed by atoms with Crippen LogP contribution in [0.3, 0.4) is 0 Å². The molecule has 0 amide bonds. The molecule has 76 valence electrons. The summed E-state index contributed by atoms with van der Waals surface area (Å²) in [6, 6.07) is 0. The first kappa shape index (κ1) is 9.44. The molecule has 0 spiro atoms. The third kappa shape index (κ3) is 2.66. The zero-order chi connectivity index (χ0) is 9.10. The predicted octanol–water partition coefficient (Wildman–Crippen LogP) is 0.304. The predicted molar refractivity (Wildman–Crippen MR) is 52.5 cm³/mol. The van der Waals surface area contributed by atoms with Crippen LogP contribution in [0.4, 0.5) is 0 Å². The van der Waals surface area contributed by atoms with Crippen LogP contribution in [0.2, 0.25) is 0 Å². The van der Waals surface area contributed by atoms with Crippen LogP contribution >= 0.6 is 0 Å². The fraction of sp³-hybridized carbons (Fsp3) is 1.00. The molecule has 1 heterocycles. The second-order valence-electron chi connectivity index (χ2n) is 4.23. The Hall–Kier alpha value is -0.120. The molecule has 2 atom stereocenters. The van der Waals surface area contributed by atoms with Gasteiger partial charge in [-0.3, -0.25) is 4.90 Å². The monoisotopic (exact) mass is 184 g/mol. The molecule has 3 heteroatoms. The fourth-order valence-electron chi connectivity index (χ4n) is 2.13. The number of nitrogens with zero attached hydrogens (tertiary/aromatic N) is 1. The van der Waals surface area contributed by atoms with Crippen LogP contribution in [0, 0.1) is 11.8 Å². The van der Waals surface area contributed by atoms with Crippen molar-refractivity contribution < 1.29 is 4.74 Å². The van der Waals surface area contributed by atoms with Gasteiger partial charge in [0.25, 0.3) is 0 Å². The Labute approximate surface area is 80.2 Å². The smallest absolute Gasteiger partial charge is 0.0594 e. The third-order valence-corrected chi connectivity index (χ3v) is 3.29. The lowest BCUT2D eigenvalue weighted by molar-refractivity contribution is 0.0366. The highest BCUT2D eigenvalue weighted by molar-refractivity contribution is 4.87. The van der Waals surface area contributed by atoms with Crippen LogP contribution in [0.25, 0.3) is 0 Å². The van der Waals surface area contributed by atoms with Gasteiger partial charge in [-0.15, -0.1) is 0 Å². The minimum absolute atomic E-state index is 0.848. The summed E-state index contributed by atoms with van der Waals surface area (Å²) in [6.45, 7) is 6.24. The molecule has 1 saturated carbocycles. The topological polar surface area (TPSA) is 38.5 Å². The molecule has 2 rings (SSSR count). The largest absolute Gasteiger partial charge is 0.379 e. The molecule has 0 radical (unpaired) electrons. The Balaban J connectivity index is 1.57.